The van der Waals surface area contributed by atoms with Crippen LogP contribution in [0.1, 0.15) is 21.5 Å². The highest BCUT2D eigenvalue weighted by atomic mass is 16.5. The fraction of sp³-hybridized carbons (Fsp3) is 0.350. The Morgan fingerprint density at radius 1 is 1.12 bits per heavy atom. The van der Waals surface area contributed by atoms with Crippen LogP contribution in [0.5, 0.6) is 11.5 Å². The van der Waals surface area contributed by atoms with Crippen molar-refractivity contribution in [3.63, 3.8) is 0 Å². The van der Waals surface area contributed by atoms with Gasteiger partial charge in [-0.05, 0) is 36.2 Å². The summed E-state index contributed by atoms with van der Waals surface area (Å²) >= 11 is 0. The normalized spacial score (nSPS) is 13.2. The topological polar surface area (TPSA) is 42.0 Å². The maximum Gasteiger partial charge on any atom is 0.254 e. The molecular weight excluding hydrogens is 316 g/mol. The van der Waals surface area contributed by atoms with Gasteiger partial charge in [-0.25, -0.2) is 0 Å². The van der Waals surface area contributed by atoms with Gasteiger partial charge in [0.15, 0.2) is 0 Å². The van der Waals surface area contributed by atoms with Crippen LogP contribution < -0.4 is 14.4 Å². The third-order valence-electron chi connectivity index (χ3n) is 4.63. The van der Waals surface area contributed by atoms with Crippen LogP contribution in [0.3, 0.4) is 0 Å². The molecule has 1 aliphatic heterocycles. The molecule has 0 spiro atoms. The van der Waals surface area contributed by atoms with E-state index in [1.54, 1.807) is 14.2 Å². The Morgan fingerprint density at radius 3 is 2.60 bits per heavy atom. The van der Waals surface area contributed by atoms with E-state index in [2.05, 4.69) is 0 Å². The molecule has 2 aromatic rings. The lowest BCUT2D eigenvalue weighted by atomic mass is 9.97. The predicted octanol–water partition coefficient (Wildman–Crippen LogP) is 2.97. The molecule has 0 saturated carbocycles. The van der Waals surface area contributed by atoms with Gasteiger partial charge in [0.1, 0.15) is 11.5 Å². The van der Waals surface area contributed by atoms with E-state index < -0.39 is 0 Å². The average Bonchev–Trinajstić information content (AvgIpc) is 2.66. The van der Waals surface area contributed by atoms with Gasteiger partial charge in [0.2, 0.25) is 0 Å². The van der Waals surface area contributed by atoms with Crippen molar-refractivity contribution in [2.75, 3.05) is 39.8 Å². The summed E-state index contributed by atoms with van der Waals surface area (Å²) in [7, 11) is 7.24. The van der Waals surface area contributed by atoms with Crippen LogP contribution in [-0.2, 0) is 13.0 Å². The number of hydrogen-bond donors (Lipinski definition) is 0. The number of anilines is 1. The summed E-state index contributed by atoms with van der Waals surface area (Å²) in [6.07, 6.45) is 0.794. The second-order valence-electron chi connectivity index (χ2n) is 6.39. The molecule has 5 heteroatoms. The summed E-state index contributed by atoms with van der Waals surface area (Å²) in [5, 5.41) is 0. The number of carbonyl (C=O) groups excluding carboxylic acids is 1. The maximum absolute atomic E-state index is 12.9. The van der Waals surface area contributed by atoms with Gasteiger partial charge in [-0.3, -0.25) is 4.79 Å². The van der Waals surface area contributed by atoms with Gasteiger partial charge in [0.05, 0.1) is 14.2 Å². The van der Waals surface area contributed by atoms with Crippen molar-refractivity contribution in [1.82, 2.24) is 4.90 Å². The van der Waals surface area contributed by atoms with E-state index >= 15 is 0 Å². The van der Waals surface area contributed by atoms with Gasteiger partial charge >= 0.3 is 0 Å². The van der Waals surface area contributed by atoms with Crippen LogP contribution in [0.2, 0.25) is 0 Å². The van der Waals surface area contributed by atoms with Crippen LogP contribution in [0.15, 0.2) is 36.4 Å². The molecule has 0 atom stereocenters. The molecule has 5 nitrogen and oxygen atoms in total. The molecular formula is C20H24N2O3. The van der Waals surface area contributed by atoms with E-state index in [1.165, 1.54) is 5.56 Å². The molecule has 2 aromatic carbocycles. The number of methoxy groups -OCH3 is 2. The maximum atomic E-state index is 12.9. The molecule has 0 aromatic heterocycles. The minimum Gasteiger partial charge on any atom is -0.497 e. The molecule has 0 N–H and O–H groups in total. The average molecular weight is 340 g/mol. The Bertz CT molecular complexity index is 769. The molecule has 25 heavy (non-hydrogen) atoms. The molecule has 3 rings (SSSR count). The first-order valence-corrected chi connectivity index (χ1v) is 8.34. The number of amides is 1. The molecule has 0 aliphatic carbocycles. The first-order chi connectivity index (χ1) is 12.0. The lowest BCUT2D eigenvalue weighted by molar-refractivity contribution is 0.0733. The predicted molar refractivity (Wildman–Crippen MR) is 98.8 cm³/mol. The van der Waals surface area contributed by atoms with Crippen molar-refractivity contribution in [3.05, 3.63) is 53.1 Å². The van der Waals surface area contributed by atoms with Crippen molar-refractivity contribution in [3.8, 4) is 11.5 Å². The zero-order valence-corrected chi connectivity index (χ0v) is 15.2. The minimum atomic E-state index is 0.0484. The second kappa shape index (κ2) is 7.05. The Hall–Kier alpha value is -2.69. The van der Waals surface area contributed by atoms with Crippen LogP contribution in [0.4, 0.5) is 5.69 Å². The van der Waals surface area contributed by atoms with E-state index in [0.717, 1.165) is 29.2 Å². The Labute approximate surface area is 148 Å². The number of hydrogen-bond acceptors (Lipinski definition) is 4. The summed E-state index contributed by atoms with van der Waals surface area (Å²) in [6, 6.07) is 11.6. The Morgan fingerprint density at radius 2 is 1.92 bits per heavy atom. The Kier molecular flexibility index (Phi) is 4.83. The zero-order valence-electron chi connectivity index (χ0n) is 15.2. The molecule has 132 valence electrons. The summed E-state index contributed by atoms with van der Waals surface area (Å²) in [5.41, 5.74) is 3.97. The van der Waals surface area contributed by atoms with Crippen LogP contribution in [0.25, 0.3) is 0 Å². The van der Waals surface area contributed by atoms with Crippen molar-refractivity contribution in [2.24, 2.45) is 0 Å². The van der Waals surface area contributed by atoms with Gasteiger partial charge in [-0.15, -0.1) is 0 Å². The summed E-state index contributed by atoms with van der Waals surface area (Å²) in [4.78, 5) is 16.8. The lowest BCUT2D eigenvalue weighted by Gasteiger charge is -2.30. The second-order valence-corrected chi connectivity index (χ2v) is 6.39. The fourth-order valence-electron chi connectivity index (χ4n) is 3.18. The largest absolute Gasteiger partial charge is 0.497 e. The van der Waals surface area contributed by atoms with E-state index in [1.807, 2.05) is 60.3 Å². The molecule has 0 bridgehead atoms. The fourth-order valence-corrected chi connectivity index (χ4v) is 3.18. The number of benzene rings is 2. The molecule has 0 fully saturated rings. The van der Waals surface area contributed by atoms with Gasteiger partial charge < -0.3 is 19.3 Å². The number of nitrogens with zero attached hydrogens (tertiary/aromatic N) is 2. The molecule has 1 heterocycles. The van der Waals surface area contributed by atoms with E-state index in [9.17, 15) is 4.79 Å². The van der Waals surface area contributed by atoms with Crippen LogP contribution in [0, 0.1) is 0 Å². The van der Waals surface area contributed by atoms with Crippen molar-refractivity contribution in [2.45, 2.75) is 13.0 Å². The van der Waals surface area contributed by atoms with Gasteiger partial charge in [0.25, 0.3) is 5.91 Å². The molecule has 1 amide bonds. The molecule has 0 radical (unpaired) electrons. The highest BCUT2D eigenvalue weighted by molar-refractivity contribution is 5.95. The highest BCUT2D eigenvalue weighted by Crippen LogP contribution is 2.33. The highest BCUT2D eigenvalue weighted by Gasteiger charge is 2.25. The van der Waals surface area contributed by atoms with Gasteiger partial charge in [-0.1, -0.05) is 6.07 Å². The monoisotopic (exact) mass is 340 g/mol. The van der Waals surface area contributed by atoms with E-state index in [4.69, 9.17) is 9.47 Å². The van der Waals surface area contributed by atoms with Crippen LogP contribution >= 0.6 is 0 Å². The number of rotatable bonds is 4. The lowest BCUT2D eigenvalue weighted by Crippen LogP contribution is -2.36. The van der Waals surface area contributed by atoms with Crippen molar-refractivity contribution >= 4 is 11.6 Å². The standard InChI is InChI=1S/C20H24N2O3/c1-21(2)16-7-5-6-15(10-16)20(23)22-9-8-14-11-17(24-3)12-19(25-4)18(14)13-22/h5-7,10-12H,8-9,13H2,1-4H3. The minimum absolute atomic E-state index is 0.0484. The first kappa shape index (κ1) is 17.1. The van der Waals surface area contributed by atoms with Gasteiger partial charge in [0, 0.05) is 50.1 Å². The zero-order chi connectivity index (χ0) is 18.0. The van der Waals surface area contributed by atoms with Crippen molar-refractivity contribution < 1.29 is 14.3 Å². The quantitative estimate of drug-likeness (QED) is 0.858. The number of carbonyl (C=O) groups is 1. The molecule has 0 unspecified atom stereocenters. The SMILES string of the molecule is COc1cc2c(c(OC)c1)CN(C(=O)c1cccc(N(C)C)c1)CC2. The summed E-state index contributed by atoms with van der Waals surface area (Å²) in [5.74, 6) is 1.61. The third kappa shape index (κ3) is 3.40. The number of ether oxygens (including phenoxy) is 2. The first-order valence-electron chi connectivity index (χ1n) is 8.34. The smallest absolute Gasteiger partial charge is 0.254 e. The Balaban J connectivity index is 1.87. The van der Waals surface area contributed by atoms with Crippen LogP contribution in [-0.4, -0.2) is 45.7 Å². The van der Waals surface area contributed by atoms with Gasteiger partial charge in [-0.2, -0.15) is 0 Å². The van der Waals surface area contributed by atoms with E-state index in [0.29, 0.717) is 18.7 Å². The van der Waals surface area contributed by atoms with Crippen molar-refractivity contribution in [1.29, 1.82) is 0 Å². The third-order valence-corrected chi connectivity index (χ3v) is 4.63. The molecule has 1 aliphatic rings. The number of fused-ring (bicyclic) bond motifs is 1. The summed E-state index contributed by atoms with van der Waals surface area (Å²) in [6.45, 7) is 1.24. The van der Waals surface area contributed by atoms with E-state index in [-0.39, 0.29) is 5.91 Å². The molecule has 0 saturated heterocycles. The summed E-state index contributed by atoms with van der Waals surface area (Å²) < 4.78 is 10.9.